The average Bonchev–Trinajstić information content (AvgIpc) is 2.60. The summed E-state index contributed by atoms with van der Waals surface area (Å²) in [6, 6.07) is 1.98. The van der Waals surface area contributed by atoms with Crippen molar-refractivity contribution in [2.45, 2.75) is 20.3 Å². The van der Waals surface area contributed by atoms with Gasteiger partial charge in [-0.05, 0) is 13.8 Å². The van der Waals surface area contributed by atoms with Crippen molar-refractivity contribution < 1.29 is 19.1 Å². The van der Waals surface area contributed by atoms with Crippen LogP contribution in [0, 0.1) is 25.2 Å². The number of rotatable bonds is 6. The van der Waals surface area contributed by atoms with E-state index in [9.17, 15) is 9.59 Å². The monoisotopic (exact) mass is 282 g/mol. The highest BCUT2D eigenvalue weighted by atomic mass is 32.2. The van der Waals surface area contributed by atoms with Gasteiger partial charge < -0.3 is 9.52 Å². The zero-order valence-electron chi connectivity index (χ0n) is 10.6. The number of amides is 1. The van der Waals surface area contributed by atoms with E-state index in [4.69, 9.17) is 14.8 Å². The van der Waals surface area contributed by atoms with Gasteiger partial charge in [0.25, 0.3) is 0 Å². The van der Waals surface area contributed by atoms with Crippen LogP contribution in [0.3, 0.4) is 0 Å². The van der Waals surface area contributed by atoms with Crippen LogP contribution in [-0.4, -0.2) is 28.5 Å². The predicted molar refractivity (Wildman–Crippen MR) is 71.1 cm³/mol. The van der Waals surface area contributed by atoms with Gasteiger partial charge in [0, 0.05) is 11.3 Å². The van der Waals surface area contributed by atoms with Crippen LogP contribution in [0.2, 0.25) is 0 Å². The number of nitrogens with zero attached hydrogens (tertiary/aromatic N) is 1. The molecule has 0 saturated carbocycles. The van der Waals surface area contributed by atoms with Gasteiger partial charge >= 0.3 is 5.97 Å². The summed E-state index contributed by atoms with van der Waals surface area (Å²) in [5.74, 6) is 0.0189. The number of carbonyl (C=O) groups excluding carboxylic acids is 1. The maximum atomic E-state index is 11.6. The van der Waals surface area contributed by atoms with Gasteiger partial charge in [0.1, 0.15) is 17.4 Å². The van der Waals surface area contributed by atoms with E-state index in [0.717, 1.165) is 0 Å². The summed E-state index contributed by atoms with van der Waals surface area (Å²) in [4.78, 5) is 21.9. The van der Waals surface area contributed by atoms with E-state index in [1.165, 1.54) is 11.8 Å². The van der Waals surface area contributed by atoms with Crippen LogP contribution in [0.25, 0.3) is 0 Å². The number of carboxylic acid groups (broad SMARTS) is 1. The van der Waals surface area contributed by atoms with Gasteiger partial charge in [-0.3, -0.25) is 14.9 Å². The van der Waals surface area contributed by atoms with Gasteiger partial charge in [-0.1, -0.05) is 0 Å². The second-order valence-corrected chi connectivity index (χ2v) is 4.95. The Bertz CT molecular complexity index is 531. The molecule has 0 bridgehead atoms. The standard InChI is InChI=1S/C12H14N2O4S/c1-7-8(2)18-12(9(7)5-13)14-10(15)6-19-4-3-11(16)17/h3-4,6H2,1-2H3,(H,14,15)(H,16,17). The molecule has 1 amide bonds. The first-order chi connectivity index (χ1) is 8.95. The minimum absolute atomic E-state index is 0.0142. The first-order valence-corrected chi connectivity index (χ1v) is 6.70. The fraction of sp³-hybridized carbons (Fsp3) is 0.417. The van der Waals surface area contributed by atoms with Crippen LogP contribution in [0.5, 0.6) is 0 Å². The van der Waals surface area contributed by atoms with Crippen molar-refractivity contribution in [2.24, 2.45) is 0 Å². The van der Waals surface area contributed by atoms with E-state index in [1.807, 2.05) is 6.07 Å². The van der Waals surface area contributed by atoms with Crippen LogP contribution in [0.15, 0.2) is 4.42 Å². The summed E-state index contributed by atoms with van der Waals surface area (Å²) in [6.07, 6.45) is 0.0142. The molecule has 0 unspecified atom stereocenters. The largest absolute Gasteiger partial charge is 0.481 e. The number of anilines is 1. The van der Waals surface area contributed by atoms with Crippen LogP contribution in [0.4, 0.5) is 5.88 Å². The highest BCUT2D eigenvalue weighted by molar-refractivity contribution is 7.99. The Morgan fingerprint density at radius 3 is 2.74 bits per heavy atom. The van der Waals surface area contributed by atoms with Gasteiger partial charge in [-0.2, -0.15) is 17.0 Å². The summed E-state index contributed by atoms with van der Waals surface area (Å²) in [7, 11) is 0. The van der Waals surface area contributed by atoms with Gasteiger partial charge in [-0.15, -0.1) is 0 Å². The normalized spacial score (nSPS) is 9.95. The third kappa shape index (κ3) is 4.34. The molecule has 1 aromatic rings. The lowest BCUT2D eigenvalue weighted by Crippen LogP contribution is -2.15. The summed E-state index contributed by atoms with van der Waals surface area (Å²) >= 11 is 1.22. The van der Waals surface area contributed by atoms with E-state index < -0.39 is 5.97 Å². The summed E-state index contributed by atoms with van der Waals surface area (Å²) in [5, 5.41) is 19.9. The molecule has 1 heterocycles. The quantitative estimate of drug-likeness (QED) is 0.772. The van der Waals surface area contributed by atoms with Crippen molar-refractivity contribution in [1.29, 1.82) is 5.26 Å². The first-order valence-electron chi connectivity index (χ1n) is 5.55. The van der Waals surface area contributed by atoms with E-state index in [-0.39, 0.29) is 24.0 Å². The lowest BCUT2D eigenvalue weighted by atomic mass is 10.2. The van der Waals surface area contributed by atoms with Crippen molar-refractivity contribution in [3.63, 3.8) is 0 Å². The molecule has 0 aromatic carbocycles. The number of aliphatic carboxylic acids is 1. The third-order valence-electron chi connectivity index (χ3n) is 2.44. The third-order valence-corrected chi connectivity index (χ3v) is 3.40. The number of carboxylic acids is 1. The average molecular weight is 282 g/mol. The summed E-state index contributed by atoms with van der Waals surface area (Å²) in [6.45, 7) is 3.46. The molecule has 7 heteroatoms. The van der Waals surface area contributed by atoms with Crippen LogP contribution < -0.4 is 5.32 Å². The fourth-order valence-electron chi connectivity index (χ4n) is 1.34. The predicted octanol–water partition coefficient (Wildman–Crippen LogP) is 1.91. The zero-order valence-corrected chi connectivity index (χ0v) is 11.5. The topological polar surface area (TPSA) is 103 Å². The Kier molecular flexibility index (Phi) is 5.45. The Labute approximate surface area is 114 Å². The fourth-order valence-corrected chi connectivity index (χ4v) is 2.06. The minimum Gasteiger partial charge on any atom is -0.481 e. The number of thioether (sulfide) groups is 1. The maximum absolute atomic E-state index is 11.6. The molecule has 6 nitrogen and oxygen atoms in total. The molecule has 0 saturated heterocycles. The first kappa shape index (κ1) is 15.1. The molecular weight excluding hydrogens is 268 g/mol. The second kappa shape index (κ2) is 6.85. The lowest BCUT2D eigenvalue weighted by Gasteiger charge is -2.02. The molecule has 0 aliphatic rings. The van der Waals surface area contributed by atoms with E-state index in [2.05, 4.69) is 5.32 Å². The summed E-state index contributed by atoms with van der Waals surface area (Å²) in [5.41, 5.74) is 1.03. The maximum Gasteiger partial charge on any atom is 0.304 e. The molecule has 102 valence electrons. The van der Waals surface area contributed by atoms with E-state index in [1.54, 1.807) is 13.8 Å². The number of furan rings is 1. The molecule has 0 spiro atoms. The molecule has 0 atom stereocenters. The molecular formula is C12H14N2O4S. The Hall–Kier alpha value is -1.94. The number of nitriles is 1. The van der Waals surface area contributed by atoms with Crippen molar-refractivity contribution in [3.05, 3.63) is 16.9 Å². The minimum atomic E-state index is -0.892. The molecule has 19 heavy (non-hydrogen) atoms. The van der Waals surface area contributed by atoms with Crippen molar-refractivity contribution >= 4 is 29.5 Å². The SMILES string of the molecule is Cc1oc(NC(=O)CSCCC(=O)O)c(C#N)c1C. The number of hydrogen-bond acceptors (Lipinski definition) is 5. The van der Waals surface area contributed by atoms with Gasteiger partial charge in [-0.25, -0.2) is 0 Å². The lowest BCUT2D eigenvalue weighted by molar-refractivity contribution is -0.136. The van der Waals surface area contributed by atoms with Crippen LogP contribution in [0.1, 0.15) is 23.3 Å². The highest BCUT2D eigenvalue weighted by Gasteiger charge is 2.16. The molecule has 0 fully saturated rings. The zero-order chi connectivity index (χ0) is 14.4. The van der Waals surface area contributed by atoms with E-state index in [0.29, 0.717) is 22.6 Å². The number of nitrogens with one attached hydrogen (secondary N) is 1. The molecule has 0 aliphatic carbocycles. The summed E-state index contributed by atoms with van der Waals surface area (Å²) < 4.78 is 5.29. The number of hydrogen-bond donors (Lipinski definition) is 2. The van der Waals surface area contributed by atoms with E-state index >= 15 is 0 Å². The van der Waals surface area contributed by atoms with Gasteiger partial charge in [0.05, 0.1) is 12.2 Å². The molecule has 2 N–H and O–H groups in total. The number of carbonyl (C=O) groups is 2. The highest BCUT2D eigenvalue weighted by Crippen LogP contribution is 2.25. The van der Waals surface area contributed by atoms with Crippen molar-refractivity contribution in [2.75, 3.05) is 16.8 Å². The Morgan fingerprint density at radius 1 is 1.47 bits per heavy atom. The van der Waals surface area contributed by atoms with Gasteiger partial charge in [0.2, 0.25) is 11.8 Å². The molecule has 1 rings (SSSR count). The van der Waals surface area contributed by atoms with Gasteiger partial charge in [0.15, 0.2) is 0 Å². The number of aryl methyl sites for hydroxylation is 1. The Morgan fingerprint density at radius 2 is 2.16 bits per heavy atom. The Balaban J connectivity index is 2.51. The van der Waals surface area contributed by atoms with Crippen LogP contribution >= 0.6 is 11.8 Å². The second-order valence-electron chi connectivity index (χ2n) is 3.84. The molecule has 0 aliphatic heterocycles. The molecule has 0 radical (unpaired) electrons. The van der Waals surface area contributed by atoms with Crippen molar-refractivity contribution in [3.8, 4) is 6.07 Å². The van der Waals surface area contributed by atoms with Crippen LogP contribution in [-0.2, 0) is 9.59 Å². The van der Waals surface area contributed by atoms with Crippen molar-refractivity contribution in [1.82, 2.24) is 0 Å². The molecule has 1 aromatic heterocycles. The smallest absolute Gasteiger partial charge is 0.304 e.